The van der Waals surface area contributed by atoms with Gasteiger partial charge in [0.25, 0.3) is 0 Å². The fourth-order valence-corrected chi connectivity index (χ4v) is 3.01. The van der Waals surface area contributed by atoms with E-state index in [1.165, 1.54) is 25.7 Å². The van der Waals surface area contributed by atoms with Gasteiger partial charge in [-0.05, 0) is 31.5 Å². The van der Waals surface area contributed by atoms with Crippen molar-refractivity contribution >= 4 is 32.4 Å². The van der Waals surface area contributed by atoms with Crippen LogP contribution in [0, 0.1) is 0 Å². The Balaban J connectivity index is 1.98. The molecule has 98 valence electrons. The van der Waals surface area contributed by atoms with Gasteiger partial charge in [0.15, 0.2) is 5.13 Å². The molecule has 0 fully saturated rings. The Morgan fingerprint density at radius 2 is 2.22 bits per heavy atom. The number of aromatic nitrogens is 1. The van der Waals surface area contributed by atoms with Crippen LogP contribution in [-0.4, -0.2) is 11.0 Å². The number of nitrogen functional groups attached to an aromatic ring is 1. The predicted molar refractivity (Wildman–Crippen MR) is 81.3 cm³/mol. The Kier molecular flexibility index (Phi) is 4.42. The first-order chi connectivity index (χ1) is 8.69. The quantitative estimate of drug-likeness (QED) is 0.605. The minimum Gasteiger partial charge on any atom is -0.399 e. The second-order valence-electron chi connectivity index (χ2n) is 4.79. The van der Waals surface area contributed by atoms with Gasteiger partial charge < -0.3 is 11.1 Å². The molecule has 0 saturated heterocycles. The number of rotatable bonds is 6. The van der Waals surface area contributed by atoms with E-state index in [2.05, 4.69) is 24.1 Å². The van der Waals surface area contributed by atoms with Gasteiger partial charge in [-0.15, -0.1) is 0 Å². The topological polar surface area (TPSA) is 50.9 Å². The highest BCUT2D eigenvalue weighted by molar-refractivity contribution is 7.22. The van der Waals surface area contributed by atoms with Gasteiger partial charge in [0.1, 0.15) is 0 Å². The van der Waals surface area contributed by atoms with Crippen LogP contribution in [0.4, 0.5) is 10.8 Å². The van der Waals surface area contributed by atoms with E-state index in [-0.39, 0.29) is 0 Å². The maximum atomic E-state index is 5.77. The van der Waals surface area contributed by atoms with Gasteiger partial charge in [0.2, 0.25) is 0 Å². The molecule has 4 heteroatoms. The van der Waals surface area contributed by atoms with Crippen molar-refractivity contribution < 1.29 is 0 Å². The summed E-state index contributed by atoms with van der Waals surface area (Å²) in [5.74, 6) is 0. The summed E-state index contributed by atoms with van der Waals surface area (Å²) < 4.78 is 1.15. The average molecular weight is 263 g/mol. The van der Waals surface area contributed by atoms with Gasteiger partial charge in [-0.3, -0.25) is 0 Å². The van der Waals surface area contributed by atoms with Crippen molar-refractivity contribution in [2.75, 3.05) is 11.1 Å². The molecule has 1 aromatic carbocycles. The van der Waals surface area contributed by atoms with Gasteiger partial charge in [-0.25, -0.2) is 4.98 Å². The number of hydrogen-bond acceptors (Lipinski definition) is 4. The summed E-state index contributed by atoms with van der Waals surface area (Å²) in [6.07, 6.45) is 5.06. The van der Waals surface area contributed by atoms with Crippen LogP contribution in [0.25, 0.3) is 10.2 Å². The van der Waals surface area contributed by atoms with Crippen LogP contribution in [-0.2, 0) is 0 Å². The molecule has 1 aromatic heterocycles. The summed E-state index contributed by atoms with van der Waals surface area (Å²) in [6, 6.07) is 6.35. The van der Waals surface area contributed by atoms with Crippen LogP contribution in [0.3, 0.4) is 0 Å². The van der Waals surface area contributed by atoms with E-state index >= 15 is 0 Å². The highest BCUT2D eigenvalue weighted by Gasteiger charge is 2.07. The minimum atomic E-state index is 0.481. The summed E-state index contributed by atoms with van der Waals surface area (Å²) in [5.41, 5.74) is 7.60. The third kappa shape index (κ3) is 3.35. The first kappa shape index (κ1) is 13.1. The van der Waals surface area contributed by atoms with E-state index in [1.54, 1.807) is 11.3 Å². The molecular weight excluding hydrogens is 242 g/mol. The molecular formula is C14H21N3S. The Labute approximate surface area is 112 Å². The van der Waals surface area contributed by atoms with E-state index in [0.717, 1.165) is 21.0 Å². The summed E-state index contributed by atoms with van der Waals surface area (Å²) >= 11 is 1.68. The van der Waals surface area contributed by atoms with Crippen LogP contribution in [0.5, 0.6) is 0 Å². The monoisotopic (exact) mass is 263 g/mol. The molecule has 0 radical (unpaired) electrons. The molecule has 2 aromatic rings. The lowest BCUT2D eigenvalue weighted by Gasteiger charge is -2.11. The standard InChI is InChI=1S/C14H21N3S/c1-3-4-5-6-10(2)16-14-17-12-8-7-11(15)9-13(12)18-14/h7-10H,3-6,15H2,1-2H3,(H,16,17). The summed E-state index contributed by atoms with van der Waals surface area (Å²) in [7, 11) is 0. The first-order valence-corrected chi connectivity index (χ1v) is 7.43. The zero-order valence-corrected chi connectivity index (χ0v) is 11.9. The van der Waals surface area contributed by atoms with Gasteiger partial charge in [0, 0.05) is 11.7 Å². The van der Waals surface area contributed by atoms with Crippen LogP contribution in [0.1, 0.15) is 39.5 Å². The lowest BCUT2D eigenvalue weighted by Crippen LogP contribution is -2.14. The minimum absolute atomic E-state index is 0.481. The number of hydrogen-bond donors (Lipinski definition) is 2. The molecule has 0 saturated carbocycles. The van der Waals surface area contributed by atoms with E-state index in [0.29, 0.717) is 6.04 Å². The van der Waals surface area contributed by atoms with Crippen molar-refractivity contribution in [2.24, 2.45) is 0 Å². The number of nitrogens with zero attached hydrogens (tertiary/aromatic N) is 1. The second kappa shape index (κ2) is 6.05. The Hall–Kier alpha value is -1.29. The third-order valence-corrected chi connectivity index (χ3v) is 3.97. The van der Waals surface area contributed by atoms with Crippen molar-refractivity contribution in [3.8, 4) is 0 Å². The molecule has 3 nitrogen and oxygen atoms in total. The van der Waals surface area contributed by atoms with E-state index < -0.39 is 0 Å². The number of nitrogens with two attached hydrogens (primary N) is 1. The number of benzene rings is 1. The number of anilines is 2. The zero-order valence-electron chi connectivity index (χ0n) is 11.1. The second-order valence-corrected chi connectivity index (χ2v) is 5.82. The molecule has 0 amide bonds. The Morgan fingerprint density at radius 1 is 1.39 bits per heavy atom. The number of nitrogens with one attached hydrogen (secondary N) is 1. The van der Waals surface area contributed by atoms with Gasteiger partial charge in [0.05, 0.1) is 10.2 Å². The Morgan fingerprint density at radius 3 is 3.00 bits per heavy atom. The number of fused-ring (bicyclic) bond motifs is 1. The van der Waals surface area contributed by atoms with Crippen LogP contribution < -0.4 is 11.1 Å². The molecule has 0 aliphatic heterocycles. The summed E-state index contributed by atoms with van der Waals surface area (Å²) in [4.78, 5) is 4.57. The maximum Gasteiger partial charge on any atom is 0.183 e. The van der Waals surface area contributed by atoms with Crippen LogP contribution in [0.2, 0.25) is 0 Å². The maximum absolute atomic E-state index is 5.77. The van der Waals surface area contributed by atoms with Crippen molar-refractivity contribution in [1.82, 2.24) is 4.98 Å². The fraction of sp³-hybridized carbons (Fsp3) is 0.500. The SMILES string of the molecule is CCCCCC(C)Nc1nc2ccc(N)cc2s1. The molecule has 1 atom stereocenters. The van der Waals surface area contributed by atoms with E-state index in [9.17, 15) is 0 Å². The molecule has 0 aliphatic rings. The van der Waals surface area contributed by atoms with Crippen molar-refractivity contribution in [1.29, 1.82) is 0 Å². The molecule has 0 bridgehead atoms. The molecule has 3 N–H and O–H groups in total. The average Bonchev–Trinajstić information content (AvgIpc) is 2.70. The smallest absolute Gasteiger partial charge is 0.183 e. The fourth-order valence-electron chi connectivity index (χ4n) is 1.99. The predicted octanol–water partition coefficient (Wildman–Crippen LogP) is 4.26. The summed E-state index contributed by atoms with van der Waals surface area (Å²) in [6.45, 7) is 4.45. The van der Waals surface area contributed by atoms with Gasteiger partial charge in [-0.2, -0.15) is 0 Å². The Bertz CT molecular complexity index is 507. The van der Waals surface area contributed by atoms with E-state index in [1.807, 2.05) is 18.2 Å². The molecule has 0 spiro atoms. The summed E-state index contributed by atoms with van der Waals surface area (Å²) in [5, 5.41) is 4.48. The molecule has 0 aliphatic carbocycles. The molecule has 18 heavy (non-hydrogen) atoms. The van der Waals surface area contributed by atoms with Crippen molar-refractivity contribution in [3.05, 3.63) is 18.2 Å². The third-order valence-electron chi connectivity index (χ3n) is 3.02. The lowest BCUT2D eigenvalue weighted by molar-refractivity contribution is 0.615. The molecule has 2 rings (SSSR count). The first-order valence-electron chi connectivity index (χ1n) is 6.61. The largest absolute Gasteiger partial charge is 0.399 e. The van der Waals surface area contributed by atoms with Crippen molar-refractivity contribution in [2.45, 2.75) is 45.6 Å². The number of thiazole rings is 1. The lowest BCUT2D eigenvalue weighted by atomic mass is 10.1. The molecule has 1 heterocycles. The van der Waals surface area contributed by atoms with E-state index in [4.69, 9.17) is 5.73 Å². The highest BCUT2D eigenvalue weighted by Crippen LogP contribution is 2.28. The van der Waals surface area contributed by atoms with Crippen LogP contribution in [0.15, 0.2) is 18.2 Å². The number of unbranched alkanes of at least 4 members (excludes halogenated alkanes) is 2. The highest BCUT2D eigenvalue weighted by atomic mass is 32.1. The normalized spacial score (nSPS) is 12.8. The van der Waals surface area contributed by atoms with Crippen molar-refractivity contribution in [3.63, 3.8) is 0 Å². The van der Waals surface area contributed by atoms with Crippen LogP contribution >= 0.6 is 11.3 Å². The van der Waals surface area contributed by atoms with Gasteiger partial charge in [-0.1, -0.05) is 37.5 Å². The van der Waals surface area contributed by atoms with Gasteiger partial charge >= 0.3 is 0 Å². The zero-order chi connectivity index (χ0) is 13.0. The molecule has 1 unspecified atom stereocenters.